The molecule has 1 aromatic rings. The first kappa shape index (κ1) is 56.3. The van der Waals surface area contributed by atoms with Crippen LogP contribution in [0.4, 0.5) is 0 Å². The lowest BCUT2D eigenvalue weighted by Crippen LogP contribution is -2.62. The highest BCUT2D eigenvalue weighted by Crippen LogP contribution is 2.26. The van der Waals surface area contributed by atoms with Crippen molar-refractivity contribution in [1.29, 1.82) is 0 Å². The van der Waals surface area contributed by atoms with Crippen LogP contribution in [0.1, 0.15) is 64.4 Å². The molecule has 1 aromatic carbocycles. The van der Waals surface area contributed by atoms with Crippen LogP contribution in [0.3, 0.4) is 0 Å². The summed E-state index contributed by atoms with van der Waals surface area (Å²) in [6.45, 7) is 3.48. The summed E-state index contributed by atoms with van der Waals surface area (Å²) in [6.07, 6.45) is -0.115. The Bertz CT molecular complexity index is 1980. The van der Waals surface area contributed by atoms with Gasteiger partial charge in [0.25, 0.3) is 0 Å². The van der Waals surface area contributed by atoms with Gasteiger partial charge in [0.05, 0.1) is 25.4 Å². The van der Waals surface area contributed by atoms with E-state index in [-0.39, 0.29) is 37.3 Å². The van der Waals surface area contributed by atoms with Crippen LogP contribution in [-0.2, 0) is 59.2 Å². The number of carbonyl (C=O) groups is 11. The van der Waals surface area contributed by atoms with Gasteiger partial charge in [-0.15, -0.1) is 0 Å². The SMILES string of the molecule is CC[C@H](C)[C@@H]1NC(=O)[C@H](Cc2ccccc2)NC(=O)[C@@H](N)CSSC[C@@H](C(=O)N2CCC[C@H]2C(=O)N[C@@H](CCCNC)C(=O)NCC(N)=O)NC(=O)[C@H](CC(N)=O)NC(=O)[C@H](CC(N)=O)NC1=O. The summed E-state index contributed by atoms with van der Waals surface area (Å²) in [7, 11) is 3.78. The van der Waals surface area contributed by atoms with Crippen LogP contribution in [0.2, 0.25) is 0 Å². The maximum atomic E-state index is 14.5. The van der Waals surface area contributed by atoms with Gasteiger partial charge in [-0.2, -0.15) is 0 Å². The quantitative estimate of drug-likeness (QED) is 0.0486. The van der Waals surface area contributed by atoms with E-state index in [0.29, 0.717) is 31.4 Å². The van der Waals surface area contributed by atoms with Crippen LogP contribution >= 0.6 is 21.6 Å². The summed E-state index contributed by atoms with van der Waals surface area (Å²) in [5, 5.41) is 20.7. The number of nitrogens with zero attached hydrogens (tertiary/aromatic N) is 1. The molecular weight excluding hydrogens is 927 g/mol. The maximum absolute atomic E-state index is 14.5. The molecule has 3 rings (SSSR count). The second-order valence-corrected chi connectivity index (χ2v) is 19.1. The monoisotopic (exact) mass is 991 g/mol. The molecule has 11 amide bonds. The molecule has 0 unspecified atom stereocenters. The molecule has 16 N–H and O–H groups in total. The van der Waals surface area contributed by atoms with Crippen LogP contribution in [0.5, 0.6) is 0 Å². The Hall–Kier alpha value is -5.99. The highest BCUT2D eigenvalue weighted by Gasteiger charge is 2.41. The van der Waals surface area contributed by atoms with E-state index in [1.807, 2.05) is 0 Å². The number of amides is 11. The molecule has 0 spiro atoms. The van der Waals surface area contributed by atoms with Crippen molar-refractivity contribution in [3.05, 3.63) is 35.9 Å². The van der Waals surface area contributed by atoms with E-state index in [1.165, 1.54) is 4.90 Å². The molecule has 0 aromatic heterocycles. The van der Waals surface area contributed by atoms with Gasteiger partial charge in [0.15, 0.2) is 0 Å². The van der Waals surface area contributed by atoms with E-state index in [9.17, 15) is 52.7 Å². The topological polar surface area (TPSA) is 391 Å². The molecule has 0 radical (unpaired) electrons. The highest BCUT2D eigenvalue weighted by atomic mass is 33.1. The number of rotatable bonds is 18. The number of likely N-dealkylation sites (tertiary alicyclic amines) is 1. The number of hydrogen-bond acceptors (Lipinski definition) is 15. The minimum atomic E-state index is -1.78. The zero-order chi connectivity index (χ0) is 50.5. The number of nitrogens with one attached hydrogen (secondary N) is 8. The second kappa shape index (κ2) is 28.4. The average Bonchev–Trinajstić information content (AvgIpc) is 3.79. The van der Waals surface area contributed by atoms with Crippen LogP contribution < -0.4 is 65.5 Å². The van der Waals surface area contributed by atoms with Gasteiger partial charge in [-0.25, -0.2) is 0 Å². The lowest BCUT2D eigenvalue weighted by molar-refractivity contribution is -0.142. The third-order valence-corrected chi connectivity index (χ3v) is 13.6. The van der Waals surface area contributed by atoms with Crippen LogP contribution in [0.15, 0.2) is 30.3 Å². The fourth-order valence-corrected chi connectivity index (χ4v) is 9.51. The van der Waals surface area contributed by atoms with Gasteiger partial charge in [0, 0.05) is 24.5 Å². The zero-order valence-corrected chi connectivity index (χ0v) is 40.0. The Kier molecular flexibility index (Phi) is 23.5. The minimum absolute atomic E-state index is 0.00564. The Morgan fingerprint density at radius 3 is 1.97 bits per heavy atom. The van der Waals surface area contributed by atoms with Crippen molar-refractivity contribution in [1.82, 2.24) is 47.4 Å². The van der Waals surface area contributed by atoms with Crippen LogP contribution in [0.25, 0.3) is 0 Å². The third-order valence-electron chi connectivity index (χ3n) is 11.1. The van der Waals surface area contributed by atoms with Gasteiger partial charge in [0.1, 0.15) is 42.3 Å². The van der Waals surface area contributed by atoms with Gasteiger partial charge in [0.2, 0.25) is 65.0 Å². The van der Waals surface area contributed by atoms with Crippen molar-refractivity contribution < 1.29 is 52.7 Å². The van der Waals surface area contributed by atoms with Crippen molar-refractivity contribution >= 4 is 86.6 Å². The smallest absolute Gasteiger partial charge is 0.246 e. The summed E-state index contributed by atoms with van der Waals surface area (Å²) < 4.78 is 0. The maximum Gasteiger partial charge on any atom is 0.246 e. The first-order valence-corrected chi connectivity index (χ1v) is 24.7. The van der Waals surface area contributed by atoms with Crippen molar-refractivity contribution in [2.24, 2.45) is 28.9 Å². The number of primary amides is 3. The van der Waals surface area contributed by atoms with E-state index < -0.39 is 139 Å². The van der Waals surface area contributed by atoms with Gasteiger partial charge in [-0.3, -0.25) is 52.7 Å². The van der Waals surface area contributed by atoms with Gasteiger partial charge in [-0.05, 0) is 50.8 Å². The van der Waals surface area contributed by atoms with Crippen LogP contribution in [-0.4, -0.2) is 156 Å². The summed E-state index contributed by atoms with van der Waals surface area (Å²) in [4.78, 5) is 148. The Morgan fingerprint density at radius 1 is 0.779 bits per heavy atom. The van der Waals surface area contributed by atoms with E-state index in [1.54, 1.807) is 51.2 Å². The van der Waals surface area contributed by atoms with Gasteiger partial charge >= 0.3 is 0 Å². The molecule has 0 saturated carbocycles. The van der Waals surface area contributed by atoms with Gasteiger partial charge in [-0.1, -0.05) is 72.2 Å². The summed E-state index contributed by atoms with van der Waals surface area (Å²) in [5.41, 5.74) is 23.1. The minimum Gasteiger partial charge on any atom is -0.370 e. The molecule has 9 atom stereocenters. The van der Waals surface area contributed by atoms with E-state index >= 15 is 0 Å². The molecule has 68 heavy (non-hydrogen) atoms. The number of carbonyl (C=O) groups excluding carboxylic acids is 11. The average molecular weight is 992 g/mol. The normalized spacial score (nSPS) is 24.4. The fraction of sp³-hybridized carbons (Fsp3) is 0.595. The number of hydrogen-bond donors (Lipinski definition) is 12. The lowest BCUT2D eigenvalue weighted by Gasteiger charge is -2.31. The van der Waals surface area contributed by atoms with Crippen molar-refractivity contribution in [3.8, 4) is 0 Å². The predicted molar refractivity (Wildman–Crippen MR) is 252 cm³/mol. The van der Waals surface area contributed by atoms with E-state index in [4.69, 9.17) is 22.9 Å². The van der Waals surface area contributed by atoms with E-state index in [2.05, 4.69) is 42.5 Å². The molecule has 26 heteroatoms. The molecule has 24 nitrogen and oxygen atoms in total. The zero-order valence-electron chi connectivity index (χ0n) is 38.3. The molecule has 2 saturated heterocycles. The first-order valence-electron chi connectivity index (χ1n) is 22.2. The summed E-state index contributed by atoms with van der Waals surface area (Å²) in [5.74, 6) is -10.5. The summed E-state index contributed by atoms with van der Waals surface area (Å²) >= 11 is 0. The molecule has 2 heterocycles. The standard InChI is InChI=1S/C42H65N13O11S2/c1-4-22(2)34-41(65)52-28(18-32(45)57)37(61)51-27(17-31(44)56)38(62)53-29(21-68-67-20-24(43)35(59)50-26(39(63)54-34)16-23-10-6-5-7-11-23)42(66)55-15-9-13-30(55)40(64)49-25(12-8-14-47-3)36(60)48-19-33(46)58/h5-7,10-11,22,24-30,34,47H,4,8-9,12-21,43H2,1-3H3,(H2,44,56)(H2,45,57)(H2,46,58)(H,48,60)(H,49,64)(H,50,59)(H,51,61)(H,52,65)(H,53,62)(H,54,63)/t22-,24-,25-,26-,27-,28-,29-,30-,34-/m0/s1. The first-order chi connectivity index (χ1) is 32.2. The Morgan fingerprint density at radius 2 is 1.37 bits per heavy atom. The number of benzene rings is 1. The van der Waals surface area contributed by atoms with E-state index in [0.717, 1.165) is 21.6 Å². The molecule has 2 aliphatic heterocycles. The molecule has 376 valence electrons. The predicted octanol–water partition coefficient (Wildman–Crippen LogP) is -4.75. The van der Waals surface area contributed by atoms with Crippen molar-refractivity contribution in [3.63, 3.8) is 0 Å². The summed E-state index contributed by atoms with van der Waals surface area (Å²) in [6, 6.07) is -2.25. The molecule has 0 aliphatic carbocycles. The number of nitrogens with two attached hydrogens (primary N) is 4. The molecular formula is C42H65N13O11S2. The largest absolute Gasteiger partial charge is 0.370 e. The molecule has 2 aliphatic rings. The third kappa shape index (κ3) is 18.2. The van der Waals surface area contributed by atoms with Gasteiger partial charge < -0.3 is 70.4 Å². The molecule has 0 bridgehead atoms. The highest BCUT2D eigenvalue weighted by molar-refractivity contribution is 8.76. The Balaban J connectivity index is 2.02. The Labute approximate surface area is 401 Å². The second-order valence-electron chi connectivity index (χ2n) is 16.5. The van der Waals surface area contributed by atoms with Crippen LogP contribution in [0, 0.1) is 5.92 Å². The van der Waals surface area contributed by atoms with Crippen molar-refractivity contribution in [2.75, 3.05) is 38.2 Å². The fourth-order valence-electron chi connectivity index (χ4n) is 7.23. The lowest BCUT2D eigenvalue weighted by atomic mass is 9.96. The molecule has 2 fully saturated rings. The van der Waals surface area contributed by atoms with Crippen molar-refractivity contribution in [2.45, 2.75) is 114 Å².